The predicted molar refractivity (Wildman–Crippen MR) is 81.8 cm³/mol. The molecular formula is C16H12Cl2O3. The molecule has 1 aliphatic carbocycles. The summed E-state index contributed by atoms with van der Waals surface area (Å²) < 4.78 is 0. The van der Waals surface area contributed by atoms with E-state index in [0.29, 0.717) is 22.3 Å². The largest absolute Gasteiger partial charge is 0.506 e. The van der Waals surface area contributed by atoms with Crippen LogP contribution in [0.25, 0.3) is 0 Å². The number of phenolic OH excluding ortho intramolecular Hbond substituents is 2. The lowest BCUT2D eigenvalue weighted by Gasteiger charge is -2.35. The second-order valence-corrected chi connectivity index (χ2v) is 6.35. The van der Waals surface area contributed by atoms with E-state index in [-0.39, 0.29) is 27.3 Å². The van der Waals surface area contributed by atoms with Crippen LogP contribution in [0.4, 0.5) is 0 Å². The fraction of sp³-hybridized carbons (Fsp3) is 0.188. The molecule has 5 heteroatoms. The number of carbonyl (C=O) groups is 1. The minimum Gasteiger partial charge on any atom is -0.506 e. The topological polar surface area (TPSA) is 57.5 Å². The lowest BCUT2D eigenvalue weighted by atomic mass is 9.68. The van der Waals surface area contributed by atoms with Crippen molar-refractivity contribution in [3.63, 3.8) is 0 Å². The summed E-state index contributed by atoms with van der Waals surface area (Å²) in [5.74, 6) is -0.393. The van der Waals surface area contributed by atoms with Crippen LogP contribution in [0.3, 0.4) is 0 Å². The average Bonchev–Trinajstić information content (AvgIpc) is 2.42. The highest BCUT2D eigenvalue weighted by Gasteiger charge is 2.41. The second-order valence-electron chi connectivity index (χ2n) is 5.60. The number of halogens is 2. The van der Waals surface area contributed by atoms with Crippen LogP contribution in [-0.2, 0) is 5.41 Å². The van der Waals surface area contributed by atoms with E-state index in [1.165, 1.54) is 12.1 Å². The predicted octanol–water partition coefficient (Wildman–Crippen LogP) is 4.27. The van der Waals surface area contributed by atoms with Gasteiger partial charge >= 0.3 is 0 Å². The lowest BCUT2D eigenvalue weighted by Crippen LogP contribution is -2.31. The molecule has 0 unspecified atom stereocenters. The number of hydrogen-bond donors (Lipinski definition) is 2. The zero-order chi connectivity index (χ0) is 15.5. The molecule has 2 aromatic carbocycles. The molecule has 0 aliphatic heterocycles. The van der Waals surface area contributed by atoms with Gasteiger partial charge in [-0.15, -0.1) is 0 Å². The van der Waals surface area contributed by atoms with Crippen molar-refractivity contribution >= 4 is 29.0 Å². The molecule has 3 rings (SSSR count). The van der Waals surface area contributed by atoms with E-state index < -0.39 is 5.41 Å². The van der Waals surface area contributed by atoms with E-state index in [0.717, 1.165) is 0 Å². The number of ketones is 1. The third-order valence-electron chi connectivity index (χ3n) is 3.98. The summed E-state index contributed by atoms with van der Waals surface area (Å²) in [6.07, 6.45) is 0. The van der Waals surface area contributed by atoms with Crippen molar-refractivity contribution in [3.8, 4) is 11.5 Å². The molecule has 0 amide bonds. The molecule has 0 radical (unpaired) electrons. The van der Waals surface area contributed by atoms with Gasteiger partial charge in [-0.05, 0) is 35.4 Å². The molecule has 0 atom stereocenters. The quantitative estimate of drug-likeness (QED) is 0.761. The van der Waals surface area contributed by atoms with E-state index in [9.17, 15) is 15.0 Å². The first kappa shape index (κ1) is 14.2. The van der Waals surface area contributed by atoms with Crippen LogP contribution in [0.15, 0.2) is 24.3 Å². The van der Waals surface area contributed by atoms with Crippen molar-refractivity contribution < 1.29 is 15.0 Å². The molecule has 3 nitrogen and oxygen atoms in total. The van der Waals surface area contributed by atoms with E-state index in [1.807, 2.05) is 13.8 Å². The van der Waals surface area contributed by atoms with E-state index in [4.69, 9.17) is 23.2 Å². The Balaban J connectivity index is 2.46. The summed E-state index contributed by atoms with van der Waals surface area (Å²) in [6.45, 7) is 3.71. The summed E-state index contributed by atoms with van der Waals surface area (Å²) >= 11 is 12.4. The fourth-order valence-corrected chi connectivity index (χ4v) is 3.80. The van der Waals surface area contributed by atoms with E-state index in [2.05, 4.69) is 0 Å². The Morgan fingerprint density at radius 1 is 0.857 bits per heavy atom. The normalized spacial score (nSPS) is 15.5. The molecule has 0 saturated heterocycles. The fourth-order valence-electron chi connectivity index (χ4n) is 3.00. The van der Waals surface area contributed by atoms with Gasteiger partial charge in [-0.1, -0.05) is 37.0 Å². The van der Waals surface area contributed by atoms with Crippen molar-refractivity contribution in [1.82, 2.24) is 0 Å². The van der Waals surface area contributed by atoms with E-state index >= 15 is 0 Å². The number of fused-ring (bicyclic) bond motifs is 2. The minimum atomic E-state index is -0.718. The molecule has 1 aliphatic rings. The van der Waals surface area contributed by atoms with Gasteiger partial charge in [-0.3, -0.25) is 4.79 Å². The van der Waals surface area contributed by atoms with Gasteiger partial charge in [-0.2, -0.15) is 0 Å². The van der Waals surface area contributed by atoms with E-state index in [1.54, 1.807) is 12.1 Å². The Morgan fingerprint density at radius 3 is 1.62 bits per heavy atom. The molecule has 0 heterocycles. The lowest BCUT2D eigenvalue weighted by molar-refractivity contribution is 0.103. The molecule has 0 fully saturated rings. The standard InChI is InChI=1S/C16H12Cl2O3/c1-16(2)11-7(3-5-9(19)13(11)17)15(21)8-4-6-10(20)14(18)12(8)16/h3-6,19-20H,1-2H3. The van der Waals surface area contributed by atoms with Crippen molar-refractivity contribution in [2.45, 2.75) is 19.3 Å². The summed E-state index contributed by atoms with van der Waals surface area (Å²) in [4.78, 5) is 12.6. The van der Waals surface area contributed by atoms with Gasteiger partial charge in [-0.25, -0.2) is 0 Å². The maximum atomic E-state index is 12.6. The summed E-state index contributed by atoms with van der Waals surface area (Å²) in [7, 11) is 0. The Hall–Kier alpha value is -1.71. The van der Waals surface area contributed by atoms with Gasteiger partial charge < -0.3 is 10.2 Å². The molecule has 0 bridgehead atoms. The third kappa shape index (κ3) is 1.78. The van der Waals surface area contributed by atoms with Crippen LogP contribution in [0, 0.1) is 0 Å². The highest BCUT2D eigenvalue weighted by atomic mass is 35.5. The van der Waals surface area contributed by atoms with Gasteiger partial charge in [0, 0.05) is 16.5 Å². The molecule has 108 valence electrons. The van der Waals surface area contributed by atoms with Crippen LogP contribution >= 0.6 is 23.2 Å². The Morgan fingerprint density at radius 2 is 1.24 bits per heavy atom. The third-order valence-corrected chi connectivity index (χ3v) is 4.75. The zero-order valence-electron chi connectivity index (χ0n) is 11.4. The first-order valence-corrected chi connectivity index (χ1v) is 7.11. The second kappa shape index (κ2) is 4.39. The van der Waals surface area contributed by atoms with Crippen molar-refractivity contribution in [2.24, 2.45) is 0 Å². The highest BCUT2D eigenvalue weighted by molar-refractivity contribution is 6.36. The maximum Gasteiger partial charge on any atom is 0.193 e. The van der Waals surface area contributed by atoms with Gasteiger partial charge in [0.25, 0.3) is 0 Å². The Bertz CT molecular complexity index is 731. The number of benzene rings is 2. The van der Waals surface area contributed by atoms with Crippen molar-refractivity contribution in [2.75, 3.05) is 0 Å². The minimum absolute atomic E-state index is 0.0870. The summed E-state index contributed by atoms with van der Waals surface area (Å²) in [5, 5.41) is 20.0. The summed E-state index contributed by atoms with van der Waals surface area (Å²) in [5.41, 5.74) is 1.21. The number of aromatic hydroxyl groups is 2. The van der Waals surface area contributed by atoms with Gasteiger partial charge in [0.15, 0.2) is 5.78 Å². The number of phenols is 2. The molecule has 0 aromatic heterocycles. The summed E-state index contributed by atoms with van der Waals surface area (Å²) in [6, 6.07) is 5.93. The monoisotopic (exact) mass is 322 g/mol. The van der Waals surface area contributed by atoms with Crippen LogP contribution in [0.5, 0.6) is 11.5 Å². The smallest absolute Gasteiger partial charge is 0.193 e. The van der Waals surface area contributed by atoms with Crippen molar-refractivity contribution in [1.29, 1.82) is 0 Å². The SMILES string of the molecule is CC1(C)c2c(ccc(O)c2Cl)C(=O)c2ccc(O)c(Cl)c21. The van der Waals surface area contributed by atoms with Crippen LogP contribution < -0.4 is 0 Å². The average molecular weight is 323 g/mol. The zero-order valence-corrected chi connectivity index (χ0v) is 12.9. The number of hydrogen-bond acceptors (Lipinski definition) is 3. The highest BCUT2D eigenvalue weighted by Crippen LogP contribution is 2.50. The van der Waals surface area contributed by atoms with Crippen LogP contribution in [0.2, 0.25) is 10.0 Å². The Kier molecular flexibility index (Phi) is 2.98. The molecule has 21 heavy (non-hydrogen) atoms. The molecule has 2 N–H and O–H groups in total. The van der Waals surface area contributed by atoms with Gasteiger partial charge in [0.05, 0.1) is 10.0 Å². The molecule has 2 aromatic rings. The molecule has 0 spiro atoms. The first-order valence-electron chi connectivity index (χ1n) is 6.35. The molecule has 0 saturated carbocycles. The Labute approximate surface area is 131 Å². The van der Waals surface area contributed by atoms with Gasteiger partial charge in [0.1, 0.15) is 11.5 Å². The molecular weight excluding hydrogens is 311 g/mol. The van der Waals surface area contributed by atoms with Crippen LogP contribution in [-0.4, -0.2) is 16.0 Å². The number of carbonyl (C=O) groups excluding carboxylic acids is 1. The number of rotatable bonds is 0. The van der Waals surface area contributed by atoms with Gasteiger partial charge in [0.2, 0.25) is 0 Å². The first-order chi connectivity index (χ1) is 9.76. The van der Waals surface area contributed by atoms with Crippen molar-refractivity contribution in [3.05, 3.63) is 56.6 Å². The van der Waals surface area contributed by atoms with Crippen LogP contribution in [0.1, 0.15) is 40.9 Å². The maximum absolute atomic E-state index is 12.6.